The Morgan fingerprint density at radius 2 is 2.09 bits per heavy atom. The van der Waals surface area contributed by atoms with Gasteiger partial charge >= 0.3 is 6.09 Å². The summed E-state index contributed by atoms with van der Waals surface area (Å²) < 4.78 is 28.1. The standard InChI is InChI=1S/C22H25ClFN5O4/c1-11-16-13-7-6-12(29(13)21(31)33-22(2,3)4)10-27(16)20(30)14-17(28-9-5-8-25-28)15(24)18(23)26-19(14)32-11/h5,8-9,11-13,16H,6-7,10H2,1-4H3/t11-,12+,13-,16+/m0/s1. The van der Waals surface area contributed by atoms with E-state index in [0.29, 0.717) is 6.42 Å². The number of ether oxygens (including phenoxy) is 2. The highest BCUT2D eigenvalue weighted by Crippen LogP contribution is 2.42. The van der Waals surface area contributed by atoms with Crippen molar-refractivity contribution in [2.24, 2.45) is 0 Å². The summed E-state index contributed by atoms with van der Waals surface area (Å²) in [4.78, 5) is 34.3. The van der Waals surface area contributed by atoms with Crippen LogP contribution in [0, 0.1) is 5.82 Å². The largest absolute Gasteiger partial charge is 0.472 e. The lowest BCUT2D eigenvalue weighted by Crippen LogP contribution is -2.65. The molecule has 11 heteroatoms. The fourth-order valence-corrected chi connectivity index (χ4v) is 5.32. The molecule has 4 atom stereocenters. The third-order valence-electron chi connectivity index (χ3n) is 6.34. The maximum Gasteiger partial charge on any atom is 0.410 e. The number of piperazine rings is 1. The van der Waals surface area contributed by atoms with Gasteiger partial charge < -0.3 is 14.4 Å². The number of pyridine rings is 1. The third-order valence-corrected chi connectivity index (χ3v) is 6.59. The van der Waals surface area contributed by atoms with E-state index in [1.54, 1.807) is 15.9 Å². The van der Waals surface area contributed by atoms with Gasteiger partial charge in [-0.05, 0) is 46.6 Å². The van der Waals surface area contributed by atoms with Crippen molar-refractivity contribution in [3.63, 3.8) is 0 Å². The highest BCUT2D eigenvalue weighted by Gasteiger charge is 2.55. The molecule has 0 radical (unpaired) electrons. The molecule has 5 rings (SSSR count). The molecule has 0 saturated carbocycles. The van der Waals surface area contributed by atoms with E-state index in [4.69, 9.17) is 21.1 Å². The number of hydrogen-bond acceptors (Lipinski definition) is 6. The Balaban J connectivity index is 1.58. The van der Waals surface area contributed by atoms with Crippen molar-refractivity contribution in [2.75, 3.05) is 6.54 Å². The Labute approximate surface area is 195 Å². The molecular weight excluding hydrogens is 453 g/mol. The average Bonchev–Trinajstić information content (AvgIpc) is 3.33. The van der Waals surface area contributed by atoms with Crippen molar-refractivity contribution in [1.29, 1.82) is 0 Å². The summed E-state index contributed by atoms with van der Waals surface area (Å²) in [5, 5.41) is 3.68. The number of halogens is 2. The van der Waals surface area contributed by atoms with Gasteiger partial charge in [-0.25, -0.2) is 13.9 Å². The van der Waals surface area contributed by atoms with E-state index in [9.17, 15) is 9.59 Å². The normalized spacial score (nSPS) is 26.4. The summed E-state index contributed by atoms with van der Waals surface area (Å²) in [6.45, 7) is 7.57. The zero-order valence-electron chi connectivity index (χ0n) is 18.8. The highest BCUT2D eigenvalue weighted by molar-refractivity contribution is 6.30. The van der Waals surface area contributed by atoms with Crippen LogP contribution in [0.15, 0.2) is 18.5 Å². The van der Waals surface area contributed by atoms with E-state index in [0.717, 1.165) is 6.42 Å². The Morgan fingerprint density at radius 1 is 1.33 bits per heavy atom. The van der Waals surface area contributed by atoms with Gasteiger partial charge in [-0.3, -0.25) is 9.69 Å². The van der Waals surface area contributed by atoms with E-state index in [1.807, 2.05) is 27.7 Å². The minimum atomic E-state index is -0.850. The van der Waals surface area contributed by atoms with Crippen molar-refractivity contribution in [2.45, 2.75) is 70.4 Å². The highest BCUT2D eigenvalue weighted by atomic mass is 35.5. The number of rotatable bonds is 1. The molecule has 5 heterocycles. The van der Waals surface area contributed by atoms with Gasteiger partial charge in [0.1, 0.15) is 23.0 Å². The molecule has 0 N–H and O–H groups in total. The Kier molecular flexibility index (Phi) is 5.04. The van der Waals surface area contributed by atoms with Gasteiger partial charge in [0.2, 0.25) is 5.88 Å². The number of nitrogens with zero attached hydrogens (tertiary/aromatic N) is 5. The van der Waals surface area contributed by atoms with E-state index < -0.39 is 40.7 Å². The molecule has 2 aromatic heterocycles. The average molecular weight is 478 g/mol. The monoisotopic (exact) mass is 477 g/mol. The van der Waals surface area contributed by atoms with Crippen LogP contribution in [0.1, 0.15) is 50.9 Å². The molecule has 2 bridgehead atoms. The molecule has 3 aliphatic heterocycles. The molecule has 0 aromatic carbocycles. The van der Waals surface area contributed by atoms with Crippen molar-refractivity contribution < 1.29 is 23.5 Å². The van der Waals surface area contributed by atoms with Crippen LogP contribution in [0.3, 0.4) is 0 Å². The van der Waals surface area contributed by atoms with Crippen LogP contribution in [-0.4, -0.2) is 72.9 Å². The number of fused-ring (bicyclic) bond motifs is 5. The van der Waals surface area contributed by atoms with E-state index in [1.165, 1.54) is 17.1 Å². The molecule has 2 fully saturated rings. The first kappa shape index (κ1) is 21.9. The minimum Gasteiger partial charge on any atom is -0.472 e. The lowest BCUT2D eigenvalue weighted by atomic mass is 9.97. The first-order chi connectivity index (χ1) is 15.6. The summed E-state index contributed by atoms with van der Waals surface area (Å²) in [7, 11) is 0. The number of aromatic nitrogens is 3. The van der Waals surface area contributed by atoms with Gasteiger partial charge in [0.05, 0.1) is 18.1 Å². The fourth-order valence-electron chi connectivity index (χ4n) is 5.15. The topological polar surface area (TPSA) is 89.8 Å². The van der Waals surface area contributed by atoms with Crippen LogP contribution in [0.2, 0.25) is 5.15 Å². The van der Waals surface area contributed by atoms with Crippen LogP contribution in [0.4, 0.5) is 9.18 Å². The molecule has 3 aliphatic rings. The molecule has 2 amide bonds. The lowest BCUT2D eigenvalue weighted by molar-refractivity contribution is -0.0350. The Morgan fingerprint density at radius 3 is 2.76 bits per heavy atom. The van der Waals surface area contributed by atoms with E-state index in [-0.39, 0.29) is 35.8 Å². The predicted octanol–water partition coefficient (Wildman–Crippen LogP) is 3.43. The molecule has 2 saturated heterocycles. The first-order valence-corrected chi connectivity index (χ1v) is 11.3. The van der Waals surface area contributed by atoms with Crippen molar-refractivity contribution in [1.82, 2.24) is 24.6 Å². The van der Waals surface area contributed by atoms with Crippen molar-refractivity contribution in [3.8, 4) is 11.6 Å². The zero-order chi connectivity index (χ0) is 23.7. The summed E-state index contributed by atoms with van der Waals surface area (Å²) in [5.41, 5.74) is -0.767. The third kappa shape index (κ3) is 3.51. The summed E-state index contributed by atoms with van der Waals surface area (Å²) in [5.74, 6) is -1.32. The van der Waals surface area contributed by atoms with Crippen LogP contribution in [0.5, 0.6) is 5.88 Å². The van der Waals surface area contributed by atoms with Gasteiger partial charge in [0, 0.05) is 18.9 Å². The summed E-state index contributed by atoms with van der Waals surface area (Å²) in [6, 6.07) is 0.677. The Bertz CT molecular complexity index is 1120. The quantitative estimate of drug-likeness (QED) is 0.584. The fraction of sp³-hybridized carbons (Fsp3) is 0.545. The lowest BCUT2D eigenvalue weighted by Gasteiger charge is -2.47. The molecule has 176 valence electrons. The summed E-state index contributed by atoms with van der Waals surface area (Å²) in [6.07, 6.45) is 3.52. The van der Waals surface area contributed by atoms with Crippen LogP contribution in [0.25, 0.3) is 5.69 Å². The number of carbonyl (C=O) groups excluding carboxylic acids is 2. The molecule has 33 heavy (non-hydrogen) atoms. The number of amides is 2. The second-order valence-electron chi connectivity index (χ2n) is 9.65. The van der Waals surface area contributed by atoms with Crippen LogP contribution in [-0.2, 0) is 4.74 Å². The number of carbonyl (C=O) groups is 2. The second kappa shape index (κ2) is 7.58. The Hall–Kier alpha value is -2.88. The molecular formula is C22H25ClFN5O4. The van der Waals surface area contributed by atoms with Gasteiger partial charge in [-0.2, -0.15) is 10.1 Å². The van der Waals surface area contributed by atoms with Crippen LogP contribution >= 0.6 is 11.6 Å². The minimum absolute atomic E-state index is 0.0277. The van der Waals surface area contributed by atoms with Crippen molar-refractivity contribution >= 4 is 23.6 Å². The SMILES string of the molecule is C[C@@H]1Oc2nc(Cl)c(F)c(-n3cccn3)c2C(=O)N2C[C@H]3CC[C@@H]([C@@H]12)N3C(=O)OC(C)(C)C. The maximum atomic E-state index is 15.1. The molecule has 9 nitrogen and oxygen atoms in total. The van der Waals surface area contributed by atoms with Gasteiger partial charge in [-0.1, -0.05) is 11.6 Å². The van der Waals surface area contributed by atoms with Gasteiger partial charge in [0.15, 0.2) is 11.0 Å². The van der Waals surface area contributed by atoms with Crippen LogP contribution < -0.4 is 4.74 Å². The number of hydrogen-bond donors (Lipinski definition) is 0. The summed E-state index contributed by atoms with van der Waals surface area (Å²) >= 11 is 6.06. The second-order valence-corrected chi connectivity index (χ2v) is 10.0. The predicted molar refractivity (Wildman–Crippen MR) is 116 cm³/mol. The first-order valence-electron chi connectivity index (χ1n) is 10.9. The molecule has 0 spiro atoms. The molecule has 0 unspecified atom stereocenters. The molecule has 0 aliphatic carbocycles. The molecule has 2 aromatic rings. The van der Waals surface area contributed by atoms with E-state index >= 15 is 4.39 Å². The zero-order valence-corrected chi connectivity index (χ0v) is 19.5. The van der Waals surface area contributed by atoms with Crippen molar-refractivity contribution in [3.05, 3.63) is 35.0 Å². The van der Waals surface area contributed by atoms with E-state index in [2.05, 4.69) is 10.1 Å². The smallest absolute Gasteiger partial charge is 0.410 e. The maximum absolute atomic E-state index is 15.1. The van der Waals surface area contributed by atoms with Gasteiger partial charge in [-0.15, -0.1) is 0 Å². The van der Waals surface area contributed by atoms with Gasteiger partial charge in [0.25, 0.3) is 5.91 Å².